The Balaban J connectivity index is 1.97. The number of nitrogens with zero attached hydrogens (tertiary/aromatic N) is 2. The van der Waals surface area contributed by atoms with Crippen LogP contribution >= 0.6 is 23.2 Å². The summed E-state index contributed by atoms with van der Waals surface area (Å²) in [7, 11) is 0. The van der Waals surface area contributed by atoms with Gasteiger partial charge in [-0.15, -0.1) is 0 Å². The summed E-state index contributed by atoms with van der Waals surface area (Å²) in [6, 6.07) is 10.0. The van der Waals surface area contributed by atoms with Crippen molar-refractivity contribution in [1.82, 2.24) is 9.97 Å². The van der Waals surface area contributed by atoms with Gasteiger partial charge in [-0.05, 0) is 24.3 Å². The largest absolute Gasteiger partial charge is 0.437 e. The number of halogens is 2. The summed E-state index contributed by atoms with van der Waals surface area (Å²) < 4.78 is 5.59. The first kappa shape index (κ1) is 13.8. The van der Waals surface area contributed by atoms with Gasteiger partial charge in [-0.2, -0.15) is 0 Å². The number of rotatable bonds is 3. The Bertz CT molecular complexity index is 837. The molecule has 0 radical (unpaired) electrons. The minimum atomic E-state index is 0.309. The van der Waals surface area contributed by atoms with E-state index in [-0.39, 0.29) is 0 Å². The molecule has 0 N–H and O–H groups in total. The molecule has 0 bridgehead atoms. The minimum Gasteiger partial charge on any atom is -0.437 e. The lowest BCUT2D eigenvalue weighted by Gasteiger charge is -2.06. The van der Waals surface area contributed by atoms with Crippen LogP contribution in [0.1, 0.15) is 10.4 Å². The molecular weight excluding hydrogens is 311 g/mol. The maximum Gasteiger partial charge on any atom is 0.238 e. The molecule has 2 aromatic carbocycles. The molecule has 0 unspecified atom stereocenters. The summed E-state index contributed by atoms with van der Waals surface area (Å²) in [5.41, 5.74) is 1.72. The number of hydrogen-bond donors (Lipinski definition) is 0. The molecule has 0 aliphatic rings. The lowest BCUT2D eigenvalue weighted by molar-refractivity contribution is 0.112. The molecule has 0 saturated heterocycles. The fraction of sp³-hybridized carbons (Fsp3) is 0. The highest BCUT2D eigenvalue weighted by atomic mass is 35.5. The zero-order valence-corrected chi connectivity index (χ0v) is 12.1. The lowest BCUT2D eigenvalue weighted by atomic mass is 10.2. The molecule has 1 aromatic heterocycles. The fourth-order valence-electron chi connectivity index (χ4n) is 1.81. The van der Waals surface area contributed by atoms with Gasteiger partial charge in [0, 0.05) is 5.56 Å². The Hall–Kier alpha value is -2.17. The van der Waals surface area contributed by atoms with Crippen molar-refractivity contribution >= 4 is 40.5 Å². The van der Waals surface area contributed by atoms with Crippen LogP contribution in [0.2, 0.25) is 10.0 Å². The van der Waals surface area contributed by atoms with Crippen molar-refractivity contribution in [2.75, 3.05) is 0 Å². The van der Waals surface area contributed by atoms with Crippen LogP contribution in [0.15, 0.2) is 42.6 Å². The summed E-state index contributed by atoms with van der Waals surface area (Å²) in [5.74, 6) is 0.817. The van der Waals surface area contributed by atoms with Crippen LogP contribution in [0.3, 0.4) is 0 Å². The molecule has 1 heterocycles. The standard InChI is InChI=1S/C15H8Cl2N2O2/c16-11-5-13-14(6-12(11)17)19-15(7-18-13)21-10-3-1-2-9(4-10)8-20/h1-8H. The average Bonchev–Trinajstić information content (AvgIpc) is 2.49. The van der Waals surface area contributed by atoms with Crippen LogP contribution in [0.4, 0.5) is 0 Å². The molecule has 3 rings (SSSR count). The number of ether oxygens (including phenoxy) is 1. The molecule has 0 fully saturated rings. The van der Waals surface area contributed by atoms with E-state index in [4.69, 9.17) is 27.9 Å². The number of benzene rings is 2. The summed E-state index contributed by atoms with van der Waals surface area (Å²) in [6.07, 6.45) is 2.24. The Labute approximate surface area is 130 Å². The third kappa shape index (κ3) is 2.96. The number of aldehydes is 1. The molecule has 21 heavy (non-hydrogen) atoms. The van der Waals surface area contributed by atoms with Gasteiger partial charge < -0.3 is 4.74 Å². The predicted octanol–water partition coefficient (Wildman–Crippen LogP) is 4.54. The van der Waals surface area contributed by atoms with Gasteiger partial charge in [-0.3, -0.25) is 4.79 Å². The van der Waals surface area contributed by atoms with E-state index < -0.39 is 0 Å². The second-order valence-corrected chi connectivity index (χ2v) is 5.07. The molecule has 0 amide bonds. The van der Waals surface area contributed by atoms with Gasteiger partial charge in [0.25, 0.3) is 0 Å². The molecule has 0 atom stereocenters. The average molecular weight is 319 g/mol. The van der Waals surface area contributed by atoms with E-state index in [1.54, 1.807) is 36.4 Å². The summed E-state index contributed by atoms with van der Waals surface area (Å²) in [6.45, 7) is 0. The second kappa shape index (κ2) is 5.68. The molecular formula is C15H8Cl2N2O2. The normalized spacial score (nSPS) is 10.6. The first-order chi connectivity index (χ1) is 10.2. The molecule has 0 spiro atoms. The first-order valence-corrected chi connectivity index (χ1v) is 6.76. The topological polar surface area (TPSA) is 52.1 Å². The number of carbonyl (C=O) groups is 1. The van der Waals surface area contributed by atoms with E-state index in [1.165, 1.54) is 6.20 Å². The van der Waals surface area contributed by atoms with Crippen LogP contribution in [0.5, 0.6) is 11.6 Å². The molecule has 0 saturated carbocycles. The maximum atomic E-state index is 10.7. The van der Waals surface area contributed by atoms with E-state index in [1.807, 2.05) is 0 Å². The number of hydrogen-bond acceptors (Lipinski definition) is 4. The third-order valence-electron chi connectivity index (χ3n) is 2.78. The van der Waals surface area contributed by atoms with Crippen LogP contribution < -0.4 is 4.74 Å². The van der Waals surface area contributed by atoms with E-state index in [2.05, 4.69) is 9.97 Å². The third-order valence-corrected chi connectivity index (χ3v) is 3.50. The zero-order chi connectivity index (χ0) is 14.8. The quantitative estimate of drug-likeness (QED) is 0.665. The van der Waals surface area contributed by atoms with E-state index >= 15 is 0 Å². The van der Waals surface area contributed by atoms with Crippen molar-refractivity contribution < 1.29 is 9.53 Å². The highest BCUT2D eigenvalue weighted by Gasteiger charge is 2.06. The fourth-order valence-corrected chi connectivity index (χ4v) is 2.13. The SMILES string of the molecule is O=Cc1cccc(Oc2cnc3cc(Cl)c(Cl)cc3n2)c1. The van der Waals surface area contributed by atoms with Gasteiger partial charge in [0.2, 0.25) is 5.88 Å². The highest BCUT2D eigenvalue weighted by molar-refractivity contribution is 6.42. The molecule has 0 aliphatic heterocycles. The monoisotopic (exact) mass is 318 g/mol. The Morgan fingerprint density at radius 3 is 2.57 bits per heavy atom. The van der Waals surface area contributed by atoms with Gasteiger partial charge in [-0.25, -0.2) is 9.97 Å². The van der Waals surface area contributed by atoms with Gasteiger partial charge in [0.15, 0.2) is 0 Å². The minimum absolute atomic E-state index is 0.309. The summed E-state index contributed by atoms with van der Waals surface area (Å²) in [5, 5.41) is 0.824. The molecule has 4 nitrogen and oxygen atoms in total. The van der Waals surface area contributed by atoms with E-state index in [0.29, 0.717) is 38.3 Å². The van der Waals surface area contributed by atoms with Crippen molar-refractivity contribution in [2.45, 2.75) is 0 Å². The van der Waals surface area contributed by atoms with Gasteiger partial charge in [0.1, 0.15) is 12.0 Å². The molecule has 104 valence electrons. The Morgan fingerprint density at radius 2 is 1.81 bits per heavy atom. The number of fused-ring (bicyclic) bond motifs is 1. The van der Waals surface area contributed by atoms with Crippen LogP contribution in [-0.2, 0) is 0 Å². The highest BCUT2D eigenvalue weighted by Crippen LogP contribution is 2.28. The Morgan fingerprint density at radius 1 is 1.05 bits per heavy atom. The Kier molecular flexibility index (Phi) is 3.73. The van der Waals surface area contributed by atoms with Crippen molar-refractivity contribution in [3.8, 4) is 11.6 Å². The van der Waals surface area contributed by atoms with Gasteiger partial charge >= 0.3 is 0 Å². The van der Waals surface area contributed by atoms with Crippen LogP contribution in [-0.4, -0.2) is 16.3 Å². The molecule has 0 aliphatic carbocycles. The van der Waals surface area contributed by atoms with Gasteiger partial charge in [0.05, 0.1) is 27.3 Å². The second-order valence-electron chi connectivity index (χ2n) is 4.26. The van der Waals surface area contributed by atoms with Crippen molar-refractivity contribution in [3.05, 3.63) is 58.2 Å². The van der Waals surface area contributed by atoms with E-state index in [0.717, 1.165) is 6.29 Å². The van der Waals surface area contributed by atoms with Crippen LogP contribution in [0, 0.1) is 0 Å². The number of carbonyl (C=O) groups excluding carboxylic acids is 1. The smallest absolute Gasteiger partial charge is 0.238 e. The number of aromatic nitrogens is 2. The predicted molar refractivity (Wildman–Crippen MR) is 81.5 cm³/mol. The lowest BCUT2D eigenvalue weighted by Crippen LogP contribution is -1.92. The van der Waals surface area contributed by atoms with Crippen LogP contribution in [0.25, 0.3) is 11.0 Å². The van der Waals surface area contributed by atoms with E-state index in [9.17, 15) is 4.79 Å². The summed E-state index contributed by atoms with van der Waals surface area (Å²) in [4.78, 5) is 19.3. The van der Waals surface area contributed by atoms with Crippen molar-refractivity contribution in [3.63, 3.8) is 0 Å². The summed E-state index contributed by atoms with van der Waals surface area (Å²) >= 11 is 11.9. The molecule has 6 heteroatoms. The van der Waals surface area contributed by atoms with Crippen molar-refractivity contribution in [1.29, 1.82) is 0 Å². The first-order valence-electron chi connectivity index (χ1n) is 6.00. The molecule has 3 aromatic rings. The van der Waals surface area contributed by atoms with Gasteiger partial charge in [-0.1, -0.05) is 35.3 Å². The maximum absolute atomic E-state index is 10.7. The van der Waals surface area contributed by atoms with Crippen molar-refractivity contribution in [2.24, 2.45) is 0 Å². The zero-order valence-electron chi connectivity index (χ0n) is 10.6.